The summed E-state index contributed by atoms with van der Waals surface area (Å²) in [5.41, 5.74) is -0.120. The lowest BCUT2D eigenvalue weighted by atomic mass is 10.2. The SMILES string of the molecule is Oc1ccc2scc(C(F)F)c2c1Cl. The molecule has 0 unspecified atom stereocenters. The van der Waals surface area contributed by atoms with Gasteiger partial charge in [0.2, 0.25) is 0 Å². The number of phenolic OH excluding ortho intramolecular Hbond substituents is 1. The highest BCUT2D eigenvalue weighted by atomic mass is 35.5. The maximum Gasteiger partial charge on any atom is 0.265 e. The molecule has 0 saturated carbocycles. The van der Waals surface area contributed by atoms with Gasteiger partial charge in [-0.05, 0) is 12.1 Å². The number of alkyl halides is 2. The summed E-state index contributed by atoms with van der Waals surface area (Å²) in [5.74, 6) is -0.167. The lowest BCUT2D eigenvalue weighted by Crippen LogP contribution is -1.81. The molecule has 0 radical (unpaired) electrons. The molecule has 1 nitrogen and oxygen atoms in total. The van der Waals surface area contributed by atoms with Crippen molar-refractivity contribution in [3.8, 4) is 5.75 Å². The maximum atomic E-state index is 12.5. The van der Waals surface area contributed by atoms with Crippen molar-refractivity contribution >= 4 is 33.0 Å². The molecule has 2 rings (SSSR count). The van der Waals surface area contributed by atoms with Gasteiger partial charge in [-0.25, -0.2) is 8.78 Å². The quantitative estimate of drug-likeness (QED) is 0.784. The fraction of sp³-hybridized carbons (Fsp3) is 0.111. The van der Waals surface area contributed by atoms with Crippen molar-refractivity contribution in [3.63, 3.8) is 0 Å². The number of hydrogen-bond donors (Lipinski definition) is 1. The van der Waals surface area contributed by atoms with Crippen LogP contribution in [0.5, 0.6) is 5.75 Å². The van der Waals surface area contributed by atoms with Crippen LogP contribution in [-0.2, 0) is 0 Å². The molecule has 5 heteroatoms. The van der Waals surface area contributed by atoms with E-state index in [1.807, 2.05) is 0 Å². The molecule has 0 saturated heterocycles. The predicted octanol–water partition coefficient (Wildman–Crippen LogP) is 4.20. The number of phenols is 1. The van der Waals surface area contributed by atoms with Crippen molar-refractivity contribution in [3.05, 3.63) is 28.1 Å². The maximum absolute atomic E-state index is 12.5. The number of aromatic hydroxyl groups is 1. The molecule has 0 aliphatic heterocycles. The highest BCUT2D eigenvalue weighted by Gasteiger charge is 2.17. The van der Waals surface area contributed by atoms with Crippen LogP contribution < -0.4 is 0 Å². The predicted molar refractivity (Wildman–Crippen MR) is 53.5 cm³/mol. The van der Waals surface area contributed by atoms with E-state index in [1.165, 1.54) is 22.8 Å². The van der Waals surface area contributed by atoms with Gasteiger partial charge in [0.1, 0.15) is 5.75 Å². The Hall–Kier alpha value is -0.870. The molecular formula is C9H5ClF2OS. The van der Waals surface area contributed by atoms with Crippen LogP contribution in [0.25, 0.3) is 10.1 Å². The molecule has 0 atom stereocenters. The molecule has 0 amide bonds. The number of hydrogen-bond acceptors (Lipinski definition) is 2. The first kappa shape index (κ1) is 9.68. The lowest BCUT2D eigenvalue weighted by molar-refractivity contribution is 0.153. The second-order valence-corrected chi connectivity index (χ2v) is 4.05. The summed E-state index contributed by atoms with van der Waals surface area (Å²) in [4.78, 5) is 0. The van der Waals surface area contributed by atoms with Crippen molar-refractivity contribution in [1.29, 1.82) is 0 Å². The molecule has 0 aliphatic carbocycles. The summed E-state index contributed by atoms with van der Waals surface area (Å²) < 4.78 is 25.7. The highest BCUT2D eigenvalue weighted by Crippen LogP contribution is 2.40. The minimum Gasteiger partial charge on any atom is -0.506 e. The molecule has 1 N–H and O–H groups in total. The molecule has 0 bridgehead atoms. The second kappa shape index (κ2) is 3.37. The zero-order valence-electron chi connectivity index (χ0n) is 6.80. The Bertz CT molecular complexity index is 481. The summed E-state index contributed by atoms with van der Waals surface area (Å²) in [7, 11) is 0. The Morgan fingerprint density at radius 1 is 1.36 bits per heavy atom. The summed E-state index contributed by atoms with van der Waals surface area (Å²) in [5, 5.41) is 10.9. The van der Waals surface area contributed by atoms with E-state index >= 15 is 0 Å². The zero-order chi connectivity index (χ0) is 10.3. The first-order chi connectivity index (χ1) is 6.61. The summed E-state index contributed by atoms with van der Waals surface area (Å²) in [6, 6.07) is 2.98. The van der Waals surface area contributed by atoms with Gasteiger partial charge in [0, 0.05) is 21.0 Å². The summed E-state index contributed by atoms with van der Waals surface area (Å²) in [6.07, 6.45) is -2.57. The topological polar surface area (TPSA) is 20.2 Å². The summed E-state index contributed by atoms with van der Waals surface area (Å²) >= 11 is 6.93. The molecule has 1 aromatic heterocycles. The fourth-order valence-corrected chi connectivity index (χ4v) is 2.55. The molecule has 74 valence electrons. The van der Waals surface area contributed by atoms with Gasteiger partial charge in [0.15, 0.2) is 0 Å². The van der Waals surface area contributed by atoms with Crippen LogP contribution in [0.4, 0.5) is 8.78 Å². The third-order valence-electron chi connectivity index (χ3n) is 1.92. The first-order valence-electron chi connectivity index (χ1n) is 3.78. The van der Waals surface area contributed by atoms with E-state index in [4.69, 9.17) is 11.6 Å². The second-order valence-electron chi connectivity index (χ2n) is 2.76. The standard InChI is InChI=1S/C9H5ClF2OS/c10-8-5(13)1-2-6-7(8)4(3-14-6)9(11)12/h1-3,9,13H. The van der Waals surface area contributed by atoms with Gasteiger partial charge in [-0.2, -0.15) is 0 Å². The van der Waals surface area contributed by atoms with Crippen LogP contribution in [0, 0.1) is 0 Å². The van der Waals surface area contributed by atoms with Crippen molar-refractivity contribution < 1.29 is 13.9 Å². The number of fused-ring (bicyclic) bond motifs is 1. The summed E-state index contributed by atoms with van der Waals surface area (Å²) in [6.45, 7) is 0. The van der Waals surface area contributed by atoms with Crippen LogP contribution in [-0.4, -0.2) is 5.11 Å². The average molecular weight is 235 g/mol. The van der Waals surface area contributed by atoms with E-state index in [2.05, 4.69) is 0 Å². The highest BCUT2D eigenvalue weighted by molar-refractivity contribution is 7.17. The lowest BCUT2D eigenvalue weighted by Gasteiger charge is -2.01. The van der Waals surface area contributed by atoms with E-state index in [-0.39, 0.29) is 21.7 Å². The van der Waals surface area contributed by atoms with Crippen molar-refractivity contribution in [1.82, 2.24) is 0 Å². The van der Waals surface area contributed by atoms with Gasteiger partial charge in [0.25, 0.3) is 6.43 Å². The van der Waals surface area contributed by atoms with Gasteiger partial charge in [-0.1, -0.05) is 11.6 Å². The van der Waals surface area contributed by atoms with Gasteiger partial charge >= 0.3 is 0 Å². The number of halogens is 3. The first-order valence-corrected chi connectivity index (χ1v) is 5.03. The van der Waals surface area contributed by atoms with Crippen LogP contribution in [0.1, 0.15) is 12.0 Å². The van der Waals surface area contributed by atoms with Crippen molar-refractivity contribution in [2.45, 2.75) is 6.43 Å². The molecule has 2 aromatic rings. The van der Waals surface area contributed by atoms with Crippen LogP contribution in [0.2, 0.25) is 5.02 Å². The fourth-order valence-electron chi connectivity index (χ4n) is 1.26. The Balaban J connectivity index is 2.82. The molecule has 1 heterocycles. The van der Waals surface area contributed by atoms with Crippen LogP contribution in [0.15, 0.2) is 17.5 Å². The Kier molecular flexibility index (Phi) is 2.33. The molecular weight excluding hydrogens is 230 g/mol. The van der Waals surface area contributed by atoms with E-state index in [0.717, 1.165) is 0 Å². The van der Waals surface area contributed by atoms with Crippen LogP contribution in [0.3, 0.4) is 0 Å². The molecule has 0 fully saturated rings. The van der Waals surface area contributed by atoms with Gasteiger partial charge in [-0.3, -0.25) is 0 Å². The monoisotopic (exact) mass is 234 g/mol. The third-order valence-corrected chi connectivity index (χ3v) is 3.27. The number of rotatable bonds is 1. The van der Waals surface area contributed by atoms with Crippen molar-refractivity contribution in [2.24, 2.45) is 0 Å². The van der Waals surface area contributed by atoms with Gasteiger partial charge < -0.3 is 5.11 Å². The zero-order valence-corrected chi connectivity index (χ0v) is 8.37. The van der Waals surface area contributed by atoms with Gasteiger partial charge in [0.05, 0.1) is 5.02 Å². The minimum absolute atomic E-state index is 0.000880. The normalized spacial score (nSPS) is 11.4. The van der Waals surface area contributed by atoms with E-state index in [1.54, 1.807) is 6.07 Å². The smallest absolute Gasteiger partial charge is 0.265 e. The average Bonchev–Trinajstić information content (AvgIpc) is 2.55. The Morgan fingerprint density at radius 3 is 2.71 bits per heavy atom. The van der Waals surface area contributed by atoms with Gasteiger partial charge in [-0.15, -0.1) is 11.3 Å². The molecule has 14 heavy (non-hydrogen) atoms. The Labute approximate surface area is 87.5 Å². The largest absolute Gasteiger partial charge is 0.506 e. The van der Waals surface area contributed by atoms with Crippen LogP contribution >= 0.6 is 22.9 Å². The van der Waals surface area contributed by atoms with E-state index in [9.17, 15) is 13.9 Å². The van der Waals surface area contributed by atoms with E-state index in [0.29, 0.717) is 4.70 Å². The number of thiophene rings is 1. The molecule has 1 aromatic carbocycles. The Morgan fingerprint density at radius 2 is 2.07 bits per heavy atom. The van der Waals surface area contributed by atoms with Crippen molar-refractivity contribution in [2.75, 3.05) is 0 Å². The number of benzene rings is 1. The molecule has 0 spiro atoms. The minimum atomic E-state index is -2.57. The third kappa shape index (κ3) is 1.35. The molecule has 0 aliphatic rings. The van der Waals surface area contributed by atoms with E-state index < -0.39 is 6.43 Å².